The normalized spacial score (nSPS) is 13.9. The fourth-order valence-electron chi connectivity index (χ4n) is 1.43. The van der Waals surface area contributed by atoms with Crippen molar-refractivity contribution in [3.8, 4) is 11.4 Å². The highest BCUT2D eigenvalue weighted by Crippen LogP contribution is 2.31. The lowest BCUT2D eigenvalue weighted by Crippen LogP contribution is -2.26. The molecule has 0 aliphatic rings. The highest BCUT2D eigenvalue weighted by Gasteiger charge is 2.27. The number of aromatic nitrogens is 2. The maximum Gasteiger partial charge on any atom is 0.244 e. The number of rotatable bonds is 2. The third kappa shape index (κ3) is 2.40. The van der Waals surface area contributed by atoms with Crippen LogP contribution in [0.4, 0.5) is 0 Å². The molecule has 0 bridgehead atoms. The number of hydrogen-bond acceptors (Lipinski definition) is 5. The minimum absolute atomic E-state index is 0.0898. The highest BCUT2D eigenvalue weighted by atomic mass is 32.1. The van der Waals surface area contributed by atoms with Crippen molar-refractivity contribution in [2.24, 2.45) is 11.1 Å². The van der Waals surface area contributed by atoms with Gasteiger partial charge in [0.15, 0.2) is 0 Å². The first-order chi connectivity index (χ1) is 7.89. The van der Waals surface area contributed by atoms with Crippen LogP contribution < -0.4 is 5.73 Å². The lowest BCUT2D eigenvalue weighted by Gasteiger charge is -2.23. The van der Waals surface area contributed by atoms with E-state index in [1.165, 1.54) is 0 Å². The van der Waals surface area contributed by atoms with E-state index in [0.29, 0.717) is 11.7 Å². The summed E-state index contributed by atoms with van der Waals surface area (Å²) in [4.78, 5) is 4.38. The van der Waals surface area contributed by atoms with Crippen molar-refractivity contribution >= 4 is 11.3 Å². The summed E-state index contributed by atoms with van der Waals surface area (Å²) in [5.74, 6) is 1.12. The van der Waals surface area contributed by atoms with Gasteiger partial charge in [-0.15, -0.1) is 0 Å². The lowest BCUT2D eigenvalue weighted by atomic mass is 9.87. The predicted octanol–water partition coefficient (Wildman–Crippen LogP) is 3.15. The Balaban J connectivity index is 2.31. The molecule has 0 aliphatic carbocycles. The third-order valence-electron chi connectivity index (χ3n) is 2.74. The number of aryl methyl sites for hydroxylation is 1. The van der Waals surface area contributed by atoms with Gasteiger partial charge in [-0.25, -0.2) is 0 Å². The number of thiophene rings is 1. The van der Waals surface area contributed by atoms with Crippen molar-refractivity contribution in [3.63, 3.8) is 0 Å². The molecule has 2 aromatic heterocycles. The van der Waals surface area contributed by atoms with Gasteiger partial charge in [-0.2, -0.15) is 16.3 Å². The van der Waals surface area contributed by atoms with Crippen molar-refractivity contribution in [3.05, 3.63) is 22.2 Å². The lowest BCUT2D eigenvalue weighted by molar-refractivity contribution is 0.253. The number of nitrogens with two attached hydrogens (primary N) is 1. The Kier molecular flexibility index (Phi) is 3.05. The standard InChI is InChI=1S/C12H17N3OS/c1-7-5-17-6-8(7)10-14-11(16-15-10)9(13)12(2,3)4/h5-6,9H,13H2,1-4H3/t9-/m0/s1. The molecule has 2 N–H and O–H groups in total. The van der Waals surface area contributed by atoms with Gasteiger partial charge in [0.05, 0.1) is 6.04 Å². The van der Waals surface area contributed by atoms with Gasteiger partial charge in [-0.3, -0.25) is 0 Å². The van der Waals surface area contributed by atoms with Gasteiger partial charge in [-0.05, 0) is 23.3 Å². The molecular weight excluding hydrogens is 234 g/mol. The van der Waals surface area contributed by atoms with Crippen LogP contribution in [0.2, 0.25) is 0 Å². The van der Waals surface area contributed by atoms with Gasteiger partial charge in [0.25, 0.3) is 0 Å². The van der Waals surface area contributed by atoms with Crippen LogP contribution in [-0.2, 0) is 0 Å². The Labute approximate surface area is 105 Å². The summed E-state index contributed by atoms with van der Waals surface area (Å²) >= 11 is 1.63. The van der Waals surface area contributed by atoms with Crippen LogP contribution in [0.25, 0.3) is 11.4 Å². The van der Waals surface area contributed by atoms with E-state index in [0.717, 1.165) is 11.1 Å². The Bertz CT molecular complexity index is 510. The van der Waals surface area contributed by atoms with Crippen LogP contribution in [-0.4, -0.2) is 10.1 Å². The van der Waals surface area contributed by atoms with E-state index in [9.17, 15) is 0 Å². The summed E-state index contributed by atoms with van der Waals surface area (Å²) in [7, 11) is 0. The molecule has 4 nitrogen and oxygen atoms in total. The molecular formula is C12H17N3OS. The summed E-state index contributed by atoms with van der Waals surface area (Å²) in [6.45, 7) is 8.19. The van der Waals surface area contributed by atoms with Crippen LogP contribution in [0.5, 0.6) is 0 Å². The zero-order valence-electron chi connectivity index (χ0n) is 10.5. The van der Waals surface area contributed by atoms with E-state index in [4.69, 9.17) is 10.3 Å². The topological polar surface area (TPSA) is 64.9 Å². The molecule has 0 saturated heterocycles. The molecule has 0 fully saturated rings. The zero-order valence-corrected chi connectivity index (χ0v) is 11.3. The smallest absolute Gasteiger partial charge is 0.244 e. The summed E-state index contributed by atoms with van der Waals surface area (Å²) < 4.78 is 5.25. The minimum Gasteiger partial charge on any atom is -0.337 e. The van der Waals surface area contributed by atoms with Crippen LogP contribution in [0, 0.1) is 12.3 Å². The van der Waals surface area contributed by atoms with Crippen molar-refractivity contribution in [1.82, 2.24) is 10.1 Å². The Morgan fingerprint density at radius 3 is 2.59 bits per heavy atom. The SMILES string of the molecule is Cc1cscc1-c1noc([C@H](N)C(C)(C)C)n1. The average Bonchev–Trinajstić information content (AvgIpc) is 2.83. The molecule has 1 atom stereocenters. The zero-order chi connectivity index (χ0) is 12.6. The van der Waals surface area contributed by atoms with E-state index in [-0.39, 0.29) is 11.5 Å². The van der Waals surface area contributed by atoms with Crippen LogP contribution in [0.1, 0.15) is 38.3 Å². The summed E-state index contributed by atoms with van der Waals surface area (Å²) in [5, 5.41) is 8.08. The second-order valence-corrected chi connectivity index (χ2v) is 6.01. The van der Waals surface area contributed by atoms with E-state index in [1.807, 2.05) is 12.3 Å². The first kappa shape index (κ1) is 12.3. The summed E-state index contributed by atoms with van der Waals surface area (Å²) in [6, 6.07) is -0.248. The van der Waals surface area contributed by atoms with E-state index >= 15 is 0 Å². The fraction of sp³-hybridized carbons (Fsp3) is 0.500. The van der Waals surface area contributed by atoms with E-state index in [2.05, 4.69) is 36.3 Å². The monoisotopic (exact) mass is 251 g/mol. The molecule has 2 aromatic rings. The molecule has 2 heterocycles. The predicted molar refractivity (Wildman–Crippen MR) is 68.7 cm³/mol. The second-order valence-electron chi connectivity index (χ2n) is 5.27. The fourth-order valence-corrected chi connectivity index (χ4v) is 2.26. The van der Waals surface area contributed by atoms with Crippen LogP contribution >= 0.6 is 11.3 Å². The summed E-state index contributed by atoms with van der Waals surface area (Å²) in [6.07, 6.45) is 0. The largest absolute Gasteiger partial charge is 0.337 e. The Morgan fingerprint density at radius 2 is 2.06 bits per heavy atom. The molecule has 17 heavy (non-hydrogen) atoms. The summed E-state index contributed by atoms with van der Waals surface area (Å²) in [5.41, 5.74) is 8.17. The molecule has 5 heteroatoms. The first-order valence-electron chi connectivity index (χ1n) is 5.52. The minimum atomic E-state index is -0.248. The second kappa shape index (κ2) is 4.23. The quantitative estimate of drug-likeness (QED) is 0.890. The molecule has 0 aromatic carbocycles. The van der Waals surface area contributed by atoms with Gasteiger partial charge in [0, 0.05) is 10.9 Å². The van der Waals surface area contributed by atoms with Crippen molar-refractivity contribution in [2.45, 2.75) is 33.7 Å². The van der Waals surface area contributed by atoms with Crippen molar-refractivity contribution in [1.29, 1.82) is 0 Å². The van der Waals surface area contributed by atoms with Gasteiger partial charge in [0.2, 0.25) is 11.7 Å². The third-order valence-corrected chi connectivity index (χ3v) is 3.60. The molecule has 0 saturated carbocycles. The molecule has 0 amide bonds. The van der Waals surface area contributed by atoms with Crippen molar-refractivity contribution < 1.29 is 4.52 Å². The highest BCUT2D eigenvalue weighted by molar-refractivity contribution is 7.08. The van der Waals surface area contributed by atoms with Gasteiger partial charge in [0.1, 0.15) is 0 Å². The van der Waals surface area contributed by atoms with Crippen molar-refractivity contribution in [2.75, 3.05) is 0 Å². The molecule has 2 rings (SSSR count). The Morgan fingerprint density at radius 1 is 1.35 bits per heavy atom. The Hall–Kier alpha value is -1.20. The van der Waals surface area contributed by atoms with E-state index < -0.39 is 0 Å². The maximum absolute atomic E-state index is 6.08. The molecule has 0 radical (unpaired) electrons. The van der Waals surface area contributed by atoms with Gasteiger partial charge in [-0.1, -0.05) is 25.9 Å². The van der Waals surface area contributed by atoms with Crippen LogP contribution in [0.3, 0.4) is 0 Å². The molecule has 0 aliphatic heterocycles. The van der Waals surface area contributed by atoms with Gasteiger partial charge >= 0.3 is 0 Å². The van der Waals surface area contributed by atoms with Crippen LogP contribution in [0.15, 0.2) is 15.3 Å². The number of hydrogen-bond donors (Lipinski definition) is 1. The average molecular weight is 251 g/mol. The molecule has 92 valence electrons. The van der Waals surface area contributed by atoms with E-state index in [1.54, 1.807) is 11.3 Å². The first-order valence-corrected chi connectivity index (χ1v) is 6.46. The maximum atomic E-state index is 6.08. The molecule has 0 spiro atoms. The molecule has 0 unspecified atom stereocenters. The number of nitrogens with zero attached hydrogens (tertiary/aromatic N) is 2. The van der Waals surface area contributed by atoms with Gasteiger partial charge < -0.3 is 10.3 Å².